The van der Waals surface area contributed by atoms with Gasteiger partial charge < -0.3 is 9.47 Å². The highest BCUT2D eigenvalue weighted by Gasteiger charge is 2.11. The van der Waals surface area contributed by atoms with E-state index in [0.29, 0.717) is 11.3 Å². The zero-order valence-corrected chi connectivity index (χ0v) is 23.7. The maximum Gasteiger partial charge on any atom is 0.343 e. The Kier molecular flexibility index (Phi) is 13.1. The van der Waals surface area contributed by atoms with E-state index in [4.69, 9.17) is 9.47 Å². The SMILES string of the molecule is CCCCCCCOC(C)c1ccc(C(=O)Oc2ccc(-c3ccc(CCCCCCC)cc3)cc2)cc1. The van der Waals surface area contributed by atoms with Crippen LogP contribution in [-0.2, 0) is 11.2 Å². The molecule has 204 valence electrons. The fourth-order valence-corrected chi connectivity index (χ4v) is 4.63. The molecular weight excluding hydrogens is 468 g/mol. The Hall–Kier alpha value is -2.91. The van der Waals surface area contributed by atoms with Gasteiger partial charge in [0.1, 0.15) is 5.75 Å². The summed E-state index contributed by atoms with van der Waals surface area (Å²) in [6.45, 7) is 7.31. The zero-order chi connectivity index (χ0) is 27.0. The first-order valence-corrected chi connectivity index (χ1v) is 14.7. The third-order valence-electron chi connectivity index (χ3n) is 7.15. The van der Waals surface area contributed by atoms with Crippen LogP contribution in [0.15, 0.2) is 72.8 Å². The predicted molar refractivity (Wildman–Crippen MR) is 159 cm³/mol. The number of rotatable bonds is 17. The van der Waals surface area contributed by atoms with Gasteiger partial charge >= 0.3 is 5.97 Å². The molecule has 0 heterocycles. The van der Waals surface area contributed by atoms with E-state index in [1.165, 1.54) is 68.9 Å². The number of carbonyl (C=O) groups is 1. The topological polar surface area (TPSA) is 35.5 Å². The van der Waals surface area contributed by atoms with E-state index in [0.717, 1.165) is 30.6 Å². The van der Waals surface area contributed by atoms with Gasteiger partial charge in [-0.1, -0.05) is 114 Å². The van der Waals surface area contributed by atoms with Crippen LogP contribution < -0.4 is 4.74 Å². The van der Waals surface area contributed by atoms with E-state index < -0.39 is 0 Å². The molecule has 1 unspecified atom stereocenters. The number of aryl methyl sites for hydroxylation is 1. The van der Waals surface area contributed by atoms with Crippen LogP contribution in [0, 0.1) is 0 Å². The Morgan fingerprint density at radius 3 is 1.82 bits per heavy atom. The summed E-state index contributed by atoms with van der Waals surface area (Å²) in [5.41, 5.74) is 5.29. The first kappa shape index (κ1) is 29.6. The van der Waals surface area contributed by atoms with Gasteiger partial charge in [-0.05, 0) is 72.7 Å². The van der Waals surface area contributed by atoms with Gasteiger partial charge in [0.25, 0.3) is 0 Å². The minimum atomic E-state index is -0.350. The van der Waals surface area contributed by atoms with E-state index in [9.17, 15) is 4.79 Å². The lowest BCUT2D eigenvalue weighted by Gasteiger charge is -2.14. The summed E-state index contributed by atoms with van der Waals surface area (Å²) in [6.07, 6.45) is 13.8. The fraction of sp³-hybridized carbons (Fsp3) is 0.457. The lowest BCUT2D eigenvalue weighted by molar-refractivity contribution is 0.0626. The van der Waals surface area contributed by atoms with Crippen LogP contribution in [0.4, 0.5) is 0 Å². The van der Waals surface area contributed by atoms with Crippen LogP contribution >= 0.6 is 0 Å². The van der Waals surface area contributed by atoms with E-state index in [2.05, 4.69) is 45.0 Å². The Bertz CT molecular complexity index is 1050. The van der Waals surface area contributed by atoms with Crippen molar-refractivity contribution < 1.29 is 14.3 Å². The third-order valence-corrected chi connectivity index (χ3v) is 7.15. The highest BCUT2D eigenvalue weighted by molar-refractivity contribution is 5.91. The maximum absolute atomic E-state index is 12.7. The Labute approximate surface area is 230 Å². The van der Waals surface area contributed by atoms with Crippen LogP contribution in [0.5, 0.6) is 5.75 Å². The highest BCUT2D eigenvalue weighted by atomic mass is 16.5. The van der Waals surface area contributed by atoms with Gasteiger partial charge in [-0.15, -0.1) is 0 Å². The summed E-state index contributed by atoms with van der Waals surface area (Å²) in [5, 5.41) is 0. The van der Waals surface area contributed by atoms with Gasteiger partial charge in [-0.25, -0.2) is 4.79 Å². The van der Waals surface area contributed by atoms with Gasteiger partial charge in [-0.2, -0.15) is 0 Å². The first-order valence-electron chi connectivity index (χ1n) is 14.7. The van der Waals surface area contributed by atoms with Crippen molar-refractivity contribution in [1.29, 1.82) is 0 Å². The van der Waals surface area contributed by atoms with Gasteiger partial charge in [0, 0.05) is 6.61 Å². The van der Waals surface area contributed by atoms with Crippen LogP contribution in [0.3, 0.4) is 0 Å². The summed E-state index contributed by atoms with van der Waals surface area (Å²) >= 11 is 0. The lowest BCUT2D eigenvalue weighted by atomic mass is 10.0. The molecule has 1 atom stereocenters. The molecular formula is C35H46O3. The number of benzene rings is 3. The Morgan fingerprint density at radius 1 is 0.658 bits per heavy atom. The molecule has 0 bridgehead atoms. The third kappa shape index (κ3) is 10.1. The maximum atomic E-state index is 12.7. The number of hydrogen-bond donors (Lipinski definition) is 0. The molecule has 38 heavy (non-hydrogen) atoms. The average molecular weight is 515 g/mol. The monoisotopic (exact) mass is 514 g/mol. The molecule has 0 spiro atoms. The van der Waals surface area contributed by atoms with E-state index >= 15 is 0 Å². The molecule has 0 fully saturated rings. The molecule has 0 saturated heterocycles. The summed E-state index contributed by atoms with van der Waals surface area (Å²) < 4.78 is 11.6. The average Bonchev–Trinajstić information content (AvgIpc) is 2.95. The second kappa shape index (κ2) is 16.8. The number of unbranched alkanes of at least 4 members (excludes halogenated alkanes) is 8. The molecule has 3 rings (SSSR count). The highest BCUT2D eigenvalue weighted by Crippen LogP contribution is 2.24. The molecule has 0 aliphatic rings. The molecule has 0 amide bonds. The van der Waals surface area contributed by atoms with E-state index in [-0.39, 0.29) is 12.1 Å². The second-order valence-electron chi connectivity index (χ2n) is 10.3. The molecule has 0 aliphatic heterocycles. The lowest BCUT2D eigenvalue weighted by Crippen LogP contribution is -2.09. The van der Waals surface area contributed by atoms with Crippen molar-refractivity contribution in [2.45, 2.75) is 97.5 Å². The molecule has 0 radical (unpaired) electrons. The largest absolute Gasteiger partial charge is 0.423 e. The van der Waals surface area contributed by atoms with Gasteiger partial charge in [-0.3, -0.25) is 0 Å². The van der Waals surface area contributed by atoms with Crippen LogP contribution in [0.1, 0.15) is 113 Å². The van der Waals surface area contributed by atoms with Crippen LogP contribution in [0.25, 0.3) is 11.1 Å². The van der Waals surface area contributed by atoms with E-state index in [1.807, 2.05) is 48.5 Å². The fourth-order valence-electron chi connectivity index (χ4n) is 4.63. The van der Waals surface area contributed by atoms with Gasteiger partial charge in [0.05, 0.1) is 11.7 Å². The van der Waals surface area contributed by atoms with Crippen LogP contribution in [0.2, 0.25) is 0 Å². The quantitative estimate of drug-likeness (QED) is 0.102. The molecule has 3 aromatic carbocycles. The molecule has 0 aromatic heterocycles. The van der Waals surface area contributed by atoms with Crippen molar-refractivity contribution in [1.82, 2.24) is 0 Å². The number of ether oxygens (including phenoxy) is 2. The molecule has 3 aromatic rings. The molecule has 3 nitrogen and oxygen atoms in total. The zero-order valence-electron chi connectivity index (χ0n) is 23.7. The standard InChI is InChI=1S/C35H46O3/c1-4-6-8-10-12-14-29-15-17-31(18-16-29)32-23-25-34(26-24-32)38-35(36)33-21-19-30(20-22-33)28(3)37-27-13-11-9-7-5-2/h15-26,28H,4-14,27H2,1-3H3. The Balaban J connectivity index is 1.45. The second-order valence-corrected chi connectivity index (χ2v) is 10.3. The number of carbonyl (C=O) groups excluding carboxylic acids is 1. The predicted octanol–water partition coefficient (Wildman–Crippen LogP) is 10.1. The van der Waals surface area contributed by atoms with Crippen molar-refractivity contribution in [2.75, 3.05) is 6.61 Å². The van der Waals surface area contributed by atoms with Crippen molar-refractivity contribution >= 4 is 5.97 Å². The van der Waals surface area contributed by atoms with Crippen molar-refractivity contribution in [3.8, 4) is 16.9 Å². The van der Waals surface area contributed by atoms with Crippen molar-refractivity contribution in [3.63, 3.8) is 0 Å². The Morgan fingerprint density at radius 2 is 1.21 bits per heavy atom. The number of esters is 1. The summed E-state index contributed by atoms with van der Waals surface area (Å²) in [4.78, 5) is 12.7. The summed E-state index contributed by atoms with van der Waals surface area (Å²) in [5.74, 6) is 0.198. The van der Waals surface area contributed by atoms with Crippen molar-refractivity contribution in [3.05, 3.63) is 89.5 Å². The summed E-state index contributed by atoms with van der Waals surface area (Å²) in [7, 11) is 0. The van der Waals surface area contributed by atoms with Crippen molar-refractivity contribution in [2.24, 2.45) is 0 Å². The number of hydrogen-bond acceptors (Lipinski definition) is 3. The van der Waals surface area contributed by atoms with Gasteiger partial charge in [0.2, 0.25) is 0 Å². The normalized spacial score (nSPS) is 11.9. The van der Waals surface area contributed by atoms with E-state index in [1.54, 1.807) is 0 Å². The first-order chi connectivity index (χ1) is 18.6. The molecule has 3 heteroatoms. The summed E-state index contributed by atoms with van der Waals surface area (Å²) in [6, 6.07) is 24.1. The molecule has 0 saturated carbocycles. The molecule has 0 aliphatic carbocycles. The minimum absolute atomic E-state index is 0.0126. The smallest absolute Gasteiger partial charge is 0.343 e. The minimum Gasteiger partial charge on any atom is -0.423 e. The van der Waals surface area contributed by atoms with Crippen LogP contribution in [-0.4, -0.2) is 12.6 Å². The van der Waals surface area contributed by atoms with Gasteiger partial charge in [0.15, 0.2) is 0 Å². The molecule has 0 N–H and O–H groups in total.